The van der Waals surface area contributed by atoms with Crippen LogP contribution < -0.4 is 5.56 Å². The molecule has 2 rings (SSSR count). The summed E-state index contributed by atoms with van der Waals surface area (Å²) in [5.41, 5.74) is 0.0983. The van der Waals surface area contributed by atoms with Crippen LogP contribution in [-0.2, 0) is 6.42 Å². The average Bonchev–Trinajstić information content (AvgIpc) is 2.49. The van der Waals surface area contributed by atoms with E-state index >= 15 is 0 Å². The Hall–Kier alpha value is -1.12. The first-order valence-corrected chi connectivity index (χ1v) is 4.76. The molecule has 13 heavy (non-hydrogen) atoms. The molecule has 2 heterocycles. The fraction of sp³-hybridized carbons (Fsp3) is 0.600. The molecule has 1 aliphatic rings. The molecule has 1 aromatic heterocycles. The van der Waals surface area contributed by atoms with Crippen molar-refractivity contribution in [2.24, 2.45) is 5.92 Å². The summed E-state index contributed by atoms with van der Waals surface area (Å²) < 4.78 is 1.85. The summed E-state index contributed by atoms with van der Waals surface area (Å²) in [6, 6.07) is 1.90. The van der Waals surface area contributed by atoms with Gasteiger partial charge in [-0.15, -0.1) is 0 Å². The lowest BCUT2D eigenvalue weighted by Gasteiger charge is -2.17. The normalized spacial score (nSPS) is 20.7. The van der Waals surface area contributed by atoms with Crippen LogP contribution in [0.3, 0.4) is 0 Å². The highest BCUT2D eigenvalue weighted by molar-refractivity contribution is 5.02. The van der Waals surface area contributed by atoms with Crippen molar-refractivity contribution >= 4 is 0 Å². The van der Waals surface area contributed by atoms with E-state index in [1.165, 1.54) is 0 Å². The van der Waals surface area contributed by atoms with Gasteiger partial charge in [0, 0.05) is 24.7 Å². The van der Waals surface area contributed by atoms with Gasteiger partial charge in [0.1, 0.15) is 5.82 Å². The molecule has 0 radical (unpaired) electrons. The van der Waals surface area contributed by atoms with E-state index in [9.17, 15) is 4.79 Å². The quantitative estimate of drug-likeness (QED) is 0.651. The Kier molecular flexibility index (Phi) is 1.94. The molecule has 1 atom stereocenters. The van der Waals surface area contributed by atoms with E-state index in [-0.39, 0.29) is 5.56 Å². The van der Waals surface area contributed by atoms with Gasteiger partial charge >= 0.3 is 0 Å². The number of aromatic nitrogens is 2. The minimum Gasteiger partial charge on any atom is -0.293 e. The number of hydrogen-bond acceptors (Lipinski definition) is 2. The summed E-state index contributed by atoms with van der Waals surface area (Å²) in [6.07, 6.45) is 3.61. The van der Waals surface area contributed by atoms with Gasteiger partial charge in [-0.1, -0.05) is 13.8 Å². The monoisotopic (exact) mass is 178 g/mol. The van der Waals surface area contributed by atoms with E-state index < -0.39 is 0 Å². The van der Waals surface area contributed by atoms with Crippen molar-refractivity contribution in [3.8, 4) is 0 Å². The Labute approximate surface area is 77.4 Å². The van der Waals surface area contributed by atoms with E-state index in [1.54, 1.807) is 12.3 Å². The molecule has 0 saturated carbocycles. The molecule has 0 N–H and O–H groups in total. The van der Waals surface area contributed by atoms with Crippen LogP contribution >= 0.6 is 0 Å². The van der Waals surface area contributed by atoms with Crippen LogP contribution in [0.25, 0.3) is 0 Å². The first-order valence-electron chi connectivity index (χ1n) is 4.76. The van der Waals surface area contributed by atoms with Crippen molar-refractivity contribution < 1.29 is 0 Å². The molecule has 70 valence electrons. The highest BCUT2D eigenvalue weighted by atomic mass is 16.1. The predicted molar refractivity (Wildman–Crippen MR) is 50.7 cm³/mol. The second kappa shape index (κ2) is 2.98. The lowest BCUT2D eigenvalue weighted by atomic mass is 10.0. The molecule has 0 fully saturated rings. The maximum absolute atomic E-state index is 11.5. The fourth-order valence-electron chi connectivity index (χ4n) is 2.03. The van der Waals surface area contributed by atoms with Gasteiger partial charge in [-0.3, -0.25) is 9.36 Å². The van der Waals surface area contributed by atoms with Crippen LogP contribution in [0, 0.1) is 5.92 Å². The Morgan fingerprint density at radius 3 is 3.08 bits per heavy atom. The lowest BCUT2D eigenvalue weighted by molar-refractivity contribution is 0.383. The molecule has 0 bridgehead atoms. The maximum Gasteiger partial charge on any atom is 0.253 e. The summed E-state index contributed by atoms with van der Waals surface area (Å²) in [4.78, 5) is 15.8. The van der Waals surface area contributed by atoms with Crippen molar-refractivity contribution in [1.29, 1.82) is 0 Å². The zero-order valence-corrected chi connectivity index (χ0v) is 8.03. The SMILES string of the molecule is CC(C)C1CCc2nccc(=O)n21. The smallest absolute Gasteiger partial charge is 0.253 e. The minimum absolute atomic E-state index is 0.0983. The Morgan fingerprint density at radius 1 is 1.62 bits per heavy atom. The first kappa shape index (κ1) is 8.48. The van der Waals surface area contributed by atoms with Gasteiger partial charge in [0.05, 0.1) is 0 Å². The van der Waals surface area contributed by atoms with E-state index in [0.717, 1.165) is 18.7 Å². The average molecular weight is 178 g/mol. The second-order valence-electron chi connectivity index (χ2n) is 3.92. The molecular formula is C10H14N2O. The number of nitrogens with zero attached hydrogens (tertiary/aromatic N) is 2. The van der Waals surface area contributed by atoms with Gasteiger partial charge in [0.25, 0.3) is 5.56 Å². The molecule has 0 aliphatic carbocycles. The number of aryl methyl sites for hydroxylation is 1. The van der Waals surface area contributed by atoms with E-state index in [4.69, 9.17) is 0 Å². The molecule has 1 aliphatic heterocycles. The maximum atomic E-state index is 11.5. The van der Waals surface area contributed by atoms with Gasteiger partial charge in [-0.25, -0.2) is 4.98 Å². The van der Waals surface area contributed by atoms with Crippen LogP contribution in [0.5, 0.6) is 0 Å². The molecule has 0 saturated heterocycles. The standard InChI is InChI=1S/C10H14N2O/c1-7(2)8-3-4-9-11-6-5-10(13)12(8)9/h5-8H,3-4H2,1-2H3. The molecular weight excluding hydrogens is 164 g/mol. The molecule has 3 heteroatoms. The van der Waals surface area contributed by atoms with Crippen LogP contribution in [0.2, 0.25) is 0 Å². The van der Waals surface area contributed by atoms with Gasteiger partial charge < -0.3 is 0 Å². The molecule has 0 aromatic carbocycles. The third-order valence-electron chi connectivity index (χ3n) is 2.72. The second-order valence-corrected chi connectivity index (χ2v) is 3.92. The van der Waals surface area contributed by atoms with Crippen LogP contribution in [0.15, 0.2) is 17.1 Å². The number of hydrogen-bond donors (Lipinski definition) is 0. The van der Waals surface area contributed by atoms with Gasteiger partial charge in [0.15, 0.2) is 0 Å². The molecule has 0 amide bonds. The molecule has 0 spiro atoms. The van der Waals surface area contributed by atoms with E-state index in [0.29, 0.717) is 12.0 Å². The summed E-state index contributed by atoms with van der Waals surface area (Å²) >= 11 is 0. The van der Waals surface area contributed by atoms with E-state index in [1.807, 2.05) is 4.57 Å². The molecule has 1 unspecified atom stereocenters. The summed E-state index contributed by atoms with van der Waals surface area (Å²) in [7, 11) is 0. The Bertz CT molecular complexity index is 367. The predicted octanol–water partition coefficient (Wildman–Crippen LogP) is 1.39. The fourth-order valence-corrected chi connectivity index (χ4v) is 2.03. The van der Waals surface area contributed by atoms with Gasteiger partial charge in [0.2, 0.25) is 0 Å². The zero-order chi connectivity index (χ0) is 9.42. The van der Waals surface area contributed by atoms with Crippen molar-refractivity contribution in [2.75, 3.05) is 0 Å². The third kappa shape index (κ3) is 1.28. The zero-order valence-electron chi connectivity index (χ0n) is 8.03. The first-order chi connectivity index (χ1) is 6.20. The van der Waals surface area contributed by atoms with Crippen LogP contribution in [0.1, 0.15) is 32.1 Å². The Morgan fingerprint density at radius 2 is 2.38 bits per heavy atom. The largest absolute Gasteiger partial charge is 0.293 e. The summed E-state index contributed by atoms with van der Waals surface area (Å²) in [6.45, 7) is 4.30. The highest BCUT2D eigenvalue weighted by Crippen LogP contribution is 2.28. The van der Waals surface area contributed by atoms with Crippen molar-refractivity contribution in [3.63, 3.8) is 0 Å². The van der Waals surface area contributed by atoms with Crippen molar-refractivity contribution in [3.05, 3.63) is 28.4 Å². The minimum atomic E-state index is 0.0983. The van der Waals surface area contributed by atoms with Crippen LogP contribution in [0.4, 0.5) is 0 Å². The van der Waals surface area contributed by atoms with E-state index in [2.05, 4.69) is 18.8 Å². The molecule has 1 aromatic rings. The Balaban J connectivity index is 2.52. The summed E-state index contributed by atoms with van der Waals surface area (Å²) in [5.74, 6) is 1.47. The van der Waals surface area contributed by atoms with Gasteiger partial charge in [-0.2, -0.15) is 0 Å². The topological polar surface area (TPSA) is 34.9 Å². The molecule has 3 nitrogen and oxygen atoms in total. The number of rotatable bonds is 1. The number of fused-ring (bicyclic) bond motifs is 1. The lowest BCUT2D eigenvalue weighted by Crippen LogP contribution is -2.25. The van der Waals surface area contributed by atoms with Crippen molar-refractivity contribution in [1.82, 2.24) is 9.55 Å². The summed E-state index contributed by atoms with van der Waals surface area (Å²) in [5, 5.41) is 0. The highest BCUT2D eigenvalue weighted by Gasteiger charge is 2.25. The third-order valence-corrected chi connectivity index (χ3v) is 2.72. The van der Waals surface area contributed by atoms with Crippen molar-refractivity contribution in [2.45, 2.75) is 32.7 Å². The van der Waals surface area contributed by atoms with Gasteiger partial charge in [-0.05, 0) is 12.3 Å². The van der Waals surface area contributed by atoms with Crippen LogP contribution in [-0.4, -0.2) is 9.55 Å².